The topological polar surface area (TPSA) is 49.8 Å². The lowest BCUT2D eigenvalue weighted by atomic mass is 9.86. The van der Waals surface area contributed by atoms with Crippen molar-refractivity contribution in [3.05, 3.63) is 34.9 Å². The summed E-state index contributed by atoms with van der Waals surface area (Å²) in [7, 11) is 0. The molecule has 1 aromatic carbocycles. The number of β-amino-alcohol motifs (C(OH)–C–C–N with tert-alkyl or cyclic N) is 1. The quantitative estimate of drug-likeness (QED) is 0.911. The molecule has 0 bridgehead atoms. The van der Waals surface area contributed by atoms with Gasteiger partial charge in [-0.05, 0) is 40.2 Å². The fourth-order valence-electron chi connectivity index (χ4n) is 2.78. The molecule has 1 aliphatic heterocycles. The van der Waals surface area contributed by atoms with Gasteiger partial charge in [-0.15, -0.1) is 0 Å². The Bertz CT molecular complexity index is 519. The number of hydrogen-bond acceptors (Lipinski definition) is 3. The predicted octanol–water partition coefficient (Wildman–Crippen LogP) is 2.83. The normalized spacial score (nSPS) is 17.3. The molecule has 4 heteroatoms. The smallest absolute Gasteiger partial charge is 0.410 e. The third-order valence-electron chi connectivity index (χ3n) is 3.44. The zero-order chi connectivity index (χ0) is 15.8. The van der Waals surface area contributed by atoms with Crippen LogP contribution in [-0.2, 0) is 11.2 Å². The van der Waals surface area contributed by atoms with E-state index in [-0.39, 0.29) is 6.09 Å². The highest BCUT2D eigenvalue weighted by Crippen LogP contribution is 2.27. The Morgan fingerprint density at radius 1 is 1.24 bits per heavy atom. The number of carbonyl (C=O) groups is 1. The molecule has 2 rings (SSSR count). The molecule has 1 fully saturated rings. The maximum Gasteiger partial charge on any atom is 0.410 e. The van der Waals surface area contributed by atoms with E-state index in [0.717, 1.165) is 5.56 Å². The average Bonchev–Trinajstić information content (AvgIpc) is 2.21. The fourth-order valence-corrected chi connectivity index (χ4v) is 2.78. The number of likely N-dealkylation sites (tertiary alicyclic amines) is 1. The van der Waals surface area contributed by atoms with Crippen molar-refractivity contribution in [2.45, 2.75) is 52.2 Å². The minimum Gasteiger partial charge on any atom is -0.444 e. The summed E-state index contributed by atoms with van der Waals surface area (Å²) in [4.78, 5) is 13.4. The van der Waals surface area contributed by atoms with E-state index in [1.165, 1.54) is 11.1 Å². The van der Waals surface area contributed by atoms with E-state index in [4.69, 9.17) is 4.74 Å². The molecular weight excluding hydrogens is 266 g/mol. The standard InChI is InChI=1S/C17H25NO3/c1-12-6-13(2)8-14(7-12)9-17(20)10-18(11-17)15(19)21-16(3,4)5/h6-8,20H,9-11H2,1-5H3. The summed E-state index contributed by atoms with van der Waals surface area (Å²) in [5.74, 6) is 0. The Kier molecular flexibility index (Phi) is 4.02. The molecule has 0 saturated carbocycles. The van der Waals surface area contributed by atoms with Crippen LogP contribution in [-0.4, -0.2) is 40.4 Å². The van der Waals surface area contributed by atoms with Crippen molar-refractivity contribution in [3.8, 4) is 0 Å². The number of hydrogen-bond donors (Lipinski definition) is 1. The molecule has 0 aromatic heterocycles. The van der Waals surface area contributed by atoms with Crippen LogP contribution in [0.15, 0.2) is 18.2 Å². The summed E-state index contributed by atoms with van der Waals surface area (Å²) >= 11 is 0. The molecule has 1 aliphatic rings. The van der Waals surface area contributed by atoms with Crippen molar-refractivity contribution in [2.24, 2.45) is 0 Å². The van der Waals surface area contributed by atoms with E-state index in [1.807, 2.05) is 34.6 Å². The fraction of sp³-hybridized carbons (Fsp3) is 0.588. The van der Waals surface area contributed by atoms with Gasteiger partial charge in [-0.2, -0.15) is 0 Å². The Morgan fingerprint density at radius 2 is 1.76 bits per heavy atom. The van der Waals surface area contributed by atoms with Crippen molar-refractivity contribution < 1.29 is 14.6 Å². The Morgan fingerprint density at radius 3 is 2.24 bits per heavy atom. The molecule has 0 spiro atoms. The molecule has 21 heavy (non-hydrogen) atoms. The molecule has 1 N–H and O–H groups in total. The molecule has 0 unspecified atom stereocenters. The lowest BCUT2D eigenvalue weighted by molar-refractivity contribution is -0.0973. The number of carbonyl (C=O) groups excluding carboxylic acids is 1. The van der Waals surface area contributed by atoms with Gasteiger partial charge in [0, 0.05) is 6.42 Å². The maximum atomic E-state index is 11.9. The van der Waals surface area contributed by atoms with Crippen molar-refractivity contribution in [3.63, 3.8) is 0 Å². The third kappa shape index (κ3) is 4.21. The molecule has 0 atom stereocenters. The highest BCUT2D eigenvalue weighted by atomic mass is 16.6. The minimum absolute atomic E-state index is 0.328. The van der Waals surface area contributed by atoms with Crippen LogP contribution in [0.4, 0.5) is 4.79 Å². The molecular formula is C17H25NO3. The van der Waals surface area contributed by atoms with Gasteiger partial charge >= 0.3 is 6.09 Å². The van der Waals surface area contributed by atoms with Gasteiger partial charge < -0.3 is 14.7 Å². The van der Waals surface area contributed by atoms with Crippen LogP contribution in [0.5, 0.6) is 0 Å². The van der Waals surface area contributed by atoms with Gasteiger partial charge in [-0.3, -0.25) is 0 Å². The Balaban J connectivity index is 1.94. The lowest BCUT2D eigenvalue weighted by Crippen LogP contribution is -2.65. The van der Waals surface area contributed by atoms with Gasteiger partial charge in [0.2, 0.25) is 0 Å². The van der Waals surface area contributed by atoms with E-state index < -0.39 is 11.2 Å². The highest BCUT2D eigenvalue weighted by molar-refractivity contribution is 5.69. The zero-order valence-electron chi connectivity index (χ0n) is 13.6. The summed E-state index contributed by atoms with van der Waals surface area (Å²) in [6.45, 7) is 10.3. The van der Waals surface area contributed by atoms with Crippen LogP contribution in [0.25, 0.3) is 0 Å². The largest absolute Gasteiger partial charge is 0.444 e. The zero-order valence-corrected chi connectivity index (χ0v) is 13.6. The molecule has 0 aliphatic carbocycles. The van der Waals surface area contributed by atoms with Gasteiger partial charge in [-0.1, -0.05) is 29.3 Å². The van der Waals surface area contributed by atoms with Crippen LogP contribution >= 0.6 is 0 Å². The summed E-state index contributed by atoms with van der Waals surface area (Å²) in [6.07, 6.45) is 0.210. The number of nitrogens with zero attached hydrogens (tertiary/aromatic N) is 1. The Hall–Kier alpha value is -1.55. The van der Waals surface area contributed by atoms with E-state index in [0.29, 0.717) is 19.5 Å². The van der Waals surface area contributed by atoms with E-state index in [1.54, 1.807) is 4.90 Å². The van der Waals surface area contributed by atoms with Gasteiger partial charge in [0.1, 0.15) is 11.2 Å². The molecule has 116 valence electrons. The third-order valence-corrected chi connectivity index (χ3v) is 3.44. The number of ether oxygens (including phenoxy) is 1. The first-order valence-electron chi connectivity index (χ1n) is 7.34. The molecule has 1 amide bonds. The van der Waals surface area contributed by atoms with Crippen LogP contribution in [0.2, 0.25) is 0 Å². The number of aliphatic hydroxyl groups is 1. The second-order valence-electron chi connectivity index (χ2n) is 7.23. The van der Waals surface area contributed by atoms with Gasteiger partial charge in [0.05, 0.1) is 13.1 Å². The number of amides is 1. The second-order valence-corrected chi connectivity index (χ2v) is 7.23. The molecule has 0 radical (unpaired) electrons. The predicted molar refractivity (Wildman–Crippen MR) is 82.4 cm³/mol. The average molecular weight is 291 g/mol. The van der Waals surface area contributed by atoms with Crippen LogP contribution in [0, 0.1) is 13.8 Å². The number of aryl methyl sites for hydroxylation is 2. The highest BCUT2D eigenvalue weighted by Gasteiger charge is 2.45. The summed E-state index contributed by atoms with van der Waals surface area (Å²) < 4.78 is 5.30. The molecule has 1 saturated heterocycles. The van der Waals surface area contributed by atoms with Crippen LogP contribution in [0.3, 0.4) is 0 Å². The van der Waals surface area contributed by atoms with Crippen LogP contribution in [0.1, 0.15) is 37.5 Å². The number of rotatable bonds is 2. The first-order valence-corrected chi connectivity index (χ1v) is 7.34. The first-order chi connectivity index (χ1) is 9.56. The van der Waals surface area contributed by atoms with Gasteiger partial charge in [0.15, 0.2) is 0 Å². The van der Waals surface area contributed by atoms with Crippen molar-refractivity contribution in [2.75, 3.05) is 13.1 Å². The van der Waals surface area contributed by atoms with Crippen molar-refractivity contribution in [1.29, 1.82) is 0 Å². The van der Waals surface area contributed by atoms with E-state index >= 15 is 0 Å². The molecule has 1 heterocycles. The summed E-state index contributed by atoms with van der Waals surface area (Å²) in [5, 5.41) is 10.5. The Labute approximate surface area is 126 Å². The van der Waals surface area contributed by atoms with Crippen LogP contribution < -0.4 is 0 Å². The van der Waals surface area contributed by atoms with Crippen molar-refractivity contribution in [1.82, 2.24) is 4.90 Å². The second kappa shape index (κ2) is 5.34. The van der Waals surface area contributed by atoms with Gasteiger partial charge in [-0.25, -0.2) is 4.79 Å². The van der Waals surface area contributed by atoms with Crippen molar-refractivity contribution >= 4 is 6.09 Å². The maximum absolute atomic E-state index is 11.9. The number of benzene rings is 1. The van der Waals surface area contributed by atoms with Gasteiger partial charge in [0.25, 0.3) is 0 Å². The monoisotopic (exact) mass is 291 g/mol. The molecule has 4 nitrogen and oxygen atoms in total. The van der Waals surface area contributed by atoms with E-state index in [9.17, 15) is 9.90 Å². The lowest BCUT2D eigenvalue weighted by Gasteiger charge is -2.46. The minimum atomic E-state index is -0.836. The van der Waals surface area contributed by atoms with E-state index in [2.05, 4.69) is 18.2 Å². The summed E-state index contributed by atoms with van der Waals surface area (Å²) in [6, 6.07) is 6.28. The molecule has 1 aromatic rings. The first kappa shape index (κ1) is 15.8. The SMILES string of the molecule is Cc1cc(C)cc(CC2(O)CN(C(=O)OC(C)(C)C)C2)c1. The summed E-state index contributed by atoms with van der Waals surface area (Å²) in [5.41, 5.74) is 2.16.